The van der Waals surface area contributed by atoms with Crippen molar-refractivity contribution in [3.05, 3.63) is 98.5 Å². The number of hydrogen-bond donors (Lipinski definition) is 1. The van der Waals surface area contributed by atoms with Gasteiger partial charge in [-0.2, -0.15) is 5.10 Å². The second-order valence-corrected chi connectivity index (χ2v) is 7.03. The molecule has 3 rings (SSSR count). The molecule has 0 spiro atoms. The SMILES string of the molecule is Clc1ccc(COc2cccc(/C=N\NCc3ccccc3Cl)c2)c(Cl)c1. The van der Waals surface area contributed by atoms with Crippen molar-refractivity contribution in [2.24, 2.45) is 5.10 Å². The first kappa shape index (κ1) is 19.6. The Hall–Kier alpha value is -2.20. The second-order valence-electron chi connectivity index (χ2n) is 5.78. The maximum absolute atomic E-state index is 6.17. The number of halogens is 3. The van der Waals surface area contributed by atoms with Crippen LogP contribution in [0.15, 0.2) is 71.8 Å². The van der Waals surface area contributed by atoms with Crippen LogP contribution >= 0.6 is 34.8 Å². The summed E-state index contributed by atoms with van der Waals surface area (Å²) in [4.78, 5) is 0. The van der Waals surface area contributed by atoms with E-state index in [1.807, 2.05) is 54.6 Å². The first-order valence-corrected chi connectivity index (χ1v) is 9.41. The van der Waals surface area contributed by atoms with E-state index in [9.17, 15) is 0 Å². The van der Waals surface area contributed by atoms with Crippen molar-refractivity contribution < 1.29 is 4.74 Å². The average Bonchev–Trinajstić information content (AvgIpc) is 2.66. The summed E-state index contributed by atoms with van der Waals surface area (Å²) in [5.41, 5.74) is 5.78. The third kappa shape index (κ3) is 5.90. The summed E-state index contributed by atoms with van der Waals surface area (Å²) in [5.74, 6) is 0.732. The van der Waals surface area contributed by atoms with E-state index in [4.69, 9.17) is 39.5 Å². The van der Waals surface area contributed by atoms with E-state index in [1.54, 1.807) is 18.3 Å². The minimum atomic E-state index is 0.362. The lowest BCUT2D eigenvalue weighted by atomic mass is 10.2. The maximum Gasteiger partial charge on any atom is 0.120 e. The van der Waals surface area contributed by atoms with Crippen LogP contribution in [-0.4, -0.2) is 6.21 Å². The fourth-order valence-corrected chi connectivity index (χ4v) is 3.04. The van der Waals surface area contributed by atoms with Crippen molar-refractivity contribution in [2.75, 3.05) is 0 Å². The topological polar surface area (TPSA) is 33.6 Å². The number of ether oxygens (including phenoxy) is 1. The highest BCUT2D eigenvalue weighted by Gasteiger charge is 2.03. The van der Waals surface area contributed by atoms with E-state index in [2.05, 4.69) is 10.5 Å². The third-order valence-electron chi connectivity index (χ3n) is 3.80. The van der Waals surface area contributed by atoms with Gasteiger partial charge in [-0.1, -0.05) is 71.2 Å². The second kappa shape index (κ2) is 9.65. The minimum Gasteiger partial charge on any atom is -0.489 e. The van der Waals surface area contributed by atoms with Gasteiger partial charge in [-0.3, -0.25) is 0 Å². The molecule has 6 heteroatoms. The summed E-state index contributed by atoms with van der Waals surface area (Å²) in [6.07, 6.45) is 1.74. The van der Waals surface area contributed by atoms with Gasteiger partial charge in [0.1, 0.15) is 12.4 Å². The highest BCUT2D eigenvalue weighted by atomic mass is 35.5. The summed E-state index contributed by atoms with van der Waals surface area (Å²) in [5, 5.41) is 6.15. The standard InChI is InChI=1S/C21H17Cl3N2O/c22-18-9-8-17(21(24)11-18)14-27-19-6-3-4-15(10-19)12-25-26-13-16-5-1-2-7-20(16)23/h1-12,26H,13-14H2/b25-12-. The van der Waals surface area contributed by atoms with Gasteiger partial charge in [-0.15, -0.1) is 0 Å². The van der Waals surface area contributed by atoms with Crippen molar-refractivity contribution in [2.45, 2.75) is 13.2 Å². The summed E-state index contributed by atoms with van der Waals surface area (Å²) in [6, 6.07) is 20.7. The van der Waals surface area contributed by atoms with E-state index in [1.165, 1.54) is 0 Å². The lowest BCUT2D eigenvalue weighted by molar-refractivity contribution is 0.306. The zero-order valence-corrected chi connectivity index (χ0v) is 16.6. The van der Waals surface area contributed by atoms with Crippen LogP contribution in [0.3, 0.4) is 0 Å². The molecule has 0 aromatic heterocycles. The third-order valence-corrected chi connectivity index (χ3v) is 4.76. The van der Waals surface area contributed by atoms with Crippen LogP contribution < -0.4 is 10.2 Å². The zero-order valence-electron chi connectivity index (χ0n) is 14.3. The van der Waals surface area contributed by atoms with Gasteiger partial charge in [0, 0.05) is 20.6 Å². The number of hydrogen-bond acceptors (Lipinski definition) is 3. The highest BCUT2D eigenvalue weighted by molar-refractivity contribution is 6.35. The molecule has 0 amide bonds. The number of benzene rings is 3. The van der Waals surface area contributed by atoms with Crippen LogP contribution in [0.5, 0.6) is 5.75 Å². The Morgan fingerprint density at radius 3 is 2.52 bits per heavy atom. The van der Waals surface area contributed by atoms with Gasteiger partial charge in [0.15, 0.2) is 0 Å². The van der Waals surface area contributed by atoms with Crippen LogP contribution in [-0.2, 0) is 13.2 Å². The predicted octanol–water partition coefficient (Wildman–Crippen LogP) is 6.35. The molecule has 0 atom stereocenters. The van der Waals surface area contributed by atoms with Crippen LogP contribution in [0.1, 0.15) is 16.7 Å². The molecule has 27 heavy (non-hydrogen) atoms. The molecular weight excluding hydrogens is 403 g/mol. The molecule has 0 aliphatic heterocycles. The van der Waals surface area contributed by atoms with Gasteiger partial charge >= 0.3 is 0 Å². The fourth-order valence-electron chi connectivity index (χ4n) is 2.38. The molecule has 3 aromatic rings. The Morgan fingerprint density at radius 1 is 0.852 bits per heavy atom. The molecule has 0 radical (unpaired) electrons. The number of nitrogens with one attached hydrogen (secondary N) is 1. The molecule has 0 saturated heterocycles. The van der Waals surface area contributed by atoms with Crippen LogP contribution in [0, 0.1) is 0 Å². The van der Waals surface area contributed by atoms with Crippen molar-refractivity contribution in [3.8, 4) is 5.75 Å². The molecule has 0 aliphatic carbocycles. The summed E-state index contributed by atoms with van der Waals surface area (Å²) >= 11 is 18.2. The largest absolute Gasteiger partial charge is 0.489 e. The summed E-state index contributed by atoms with van der Waals surface area (Å²) in [7, 11) is 0. The highest BCUT2D eigenvalue weighted by Crippen LogP contribution is 2.23. The van der Waals surface area contributed by atoms with Crippen molar-refractivity contribution >= 4 is 41.0 Å². The van der Waals surface area contributed by atoms with Gasteiger partial charge in [-0.25, -0.2) is 0 Å². The van der Waals surface area contributed by atoms with E-state index < -0.39 is 0 Å². The van der Waals surface area contributed by atoms with E-state index >= 15 is 0 Å². The van der Waals surface area contributed by atoms with E-state index in [-0.39, 0.29) is 0 Å². The molecule has 0 heterocycles. The molecule has 0 unspecified atom stereocenters. The quantitative estimate of drug-likeness (QED) is 0.357. The summed E-state index contributed by atoms with van der Waals surface area (Å²) < 4.78 is 5.82. The molecule has 3 aromatic carbocycles. The maximum atomic E-state index is 6.17. The number of nitrogens with zero attached hydrogens (tertiary/aromatic N) is 1. The Balaban J connectivity index is 1.56. The molecule has 0 fully saturated rings. The summed E-state index contributed by atoms with van der Waals surface area (Å²) in [6.45, 7) is 0.919. The van der Waals surface area contributed by atoms with Crippen molar-refractivity contribution in [3.63, 3.8) is 0 Å². The van der Waals surface area contributed by atoms with Gasteiger partial charge in [0.25, 0.3) is 0 Å². The lowest BCUT2D eigenvalue weighted by Crippen LogP contribution is -2.06. The molecule has 1 N–H and O–H groups in total. The Kier molecular flexibility index (Phi) is 6.99. The minimum absolute atomic E-state index is 0.362. The van der Waals surface area contributed by atoms with Crippen LogP contribution in [0.4, 0.5) is 0 Å². The number of rotatable bonds is 7. The van der Waals surface area contributed by atoms with Gasteiger partial charge in [-0.05, 0) is 41.5 Å². The van der Waals surface area contributed by atoms with E-state index in [0.717, 1.165) is 27.5 Å². The monoisotopic (exact) mass is 418 g/mol. The molecule has 0 aliphatic rings. The molecule has 0 saturated carbocycles. The predicted molar refractivity (Wildman–Crippen MR) is 113 cm³/mol. The first-order chi connectivity index (χ1) is 13.1. The van der Waals surface area contributed by atoms with Crippen LogP contribution in [0.25, 0.3) is 0 Å². The average molecular weight is 420 g/mol. The van der Waals surface area contributed by atoms with Crippen molar-refractivity contribution in [1.29, 1.82) is 0 Å². The fraction of sp³-hybridized carbons (Fsp3) is 0.0952. The normalized spacial score (nSPS) is 10.9. The smallest absolute Gasteiger partial charge is 0.120 e. The van der Waals surface area contributed by atoms with Crippen LogP contribution in [0.2, 0.25) is 15.1 Å². The van der Waals surface area contributed by atoms with Gasteiger partial charge in [0.05, 0.1) is 12.8 Å². The van der Waals surface area contributed by atoms with Gasteiger partial charge in [0.2, 0.25) is 0 Å². The van der Waals surface area contributed by atoms with E-state index in [0.29, 0.717) is 23.2 Å². The molecule has 0 bridgehead atoms. The van der Waals surface area contributed by atoms with Crippen molar-refractivity contribution in [1.82, 2.24) is 5.43 Å². The first-order valence-electron chi connectivity index (χ1n) is 8.28. The zero-order chi connectivity index (χ0) is 19.1. The molecule has 3 nitrogen and oxygen atoms in total. The lowest BCUT2D eigenvalue weighted by Gasteiger charge is -2.08. The Labute approximate surface area is 173 Å². The molecule has 138 valence electrons. The number of hydrazone groups is 1. The Bertz CT molecular complexity index is 944. The molecular formula is C21H17Cl3N2O. The Morgan fingerprint density at radius 2 is 1.70 bits per heavy atom. The van der Waals surface area contributed by atoms with Gasteiger partial charge < -0.3 is 10.2 Å².